The number of morpholine rings is 1. The number of hydrogen-bond donors (Lipinski definition) is 3. The molecule has 3 N–H and O–H groups in total. The number of hydrogen-bond acceptors (Lipinski definition) is 5. The molecule has 1 aromatic rings. The van der Waals surface area contributed by atoms with E-state index >= 15 is 0 Å². The van der Waals surface area contributed by atoms with Crippen molar-refractivity contribution in [3.05, 3.63) is 29.8 Å². The van der Waals surface area contributed by atoms with Gasteiger partial charge in [-0.15, -0.1) is 24.0 Å². The number of halogens is 1. The summed E-state index contributed by atoms with van der Waals surface area (Å²) in [4.78, 5) is 6.86. The number of aliphatic imine (C=N–C) groups is 1. The zero-order valence-electron chi connectivity index (χ0n) is 17.2. The second kappa shape index (κ2) is 13.2. The second-order valence-corrected chi connectivity index (χ2v) is 7.01. The zero-order chi connectivity index (χ0) is 19.5. The molecule has 0 aliphatic carbocycles. The first kappa shape index (κ1) is 24.9. The summed E-state index contributed by atoms with van der Waals surface area (Å²) in [6.45, 7) is 12.0. The van der Waals surface area contributed by atoms with Crippen molar-refractivity contribution in [1.29, 1.82) is 0 Å². The molecule has 7 nitrogen and oxygen atoms in total. The Bertz CT molecular complexity index is 593. The SMILES string of the molecule is CCNC(=NCc1cccc(OCC)c1)NCC(C)(O)CN1CCOCC1.I. The number of benzene rings is 1. The van der Waals surface area contributed by atoms with E-state index < -0.39 is 5.60 Å². The summed E-state index contributed by atoms with van der Waals surface area (Å²) >= 11 is 0. The van der Waals surface area contributed by atoms with Gasteiger partial charge in [0.2, 0.25) is 0 Å². The highest BCUT2D eigenvalue weighted by molar-refractivity contribution is 14.0. The van der Waals surface area contributed by atoms with Crippen LogP contribution < -0.4 is 15.4 Å². The van der Waals surface area contributed by atoms with E-state index in [4.69, 9.17) is 9.47 Å². The normalized spacial score (nSPS) is 17.4. The van der Waals surface area contributed by atoms with E-state index in [1.807, 2.05) is 45.0 Å². The number of aliphatic hydroxyl groups is 1. The average Bonchev–Trinajstić information content (AvgIpc) is 2.65. The maximum atomic E-state index is 10.7. The van der Waals surface area contributed by atoms with Crippen LogP contribution in [0.2, 0.25) is 0 Å². The van der Waals surface area contributed by atoms with Crippen LogP contribution in [0.1, 0.15) is 26.3 Å². The van der Waals surface area contributed by atoms with Gasteiger partial charge in [-0.05, 0) is 38.5 Å². The molecule has 160 valence electrons. The number of rotatable bonds is 9. The Morgan fingerprint density at radius 2 is 2.04 bits per heavy atom. The summed E-state index contributed by atoms with van der Waals surface area (Å²) < 4.78 is 10.9. The summed E-state index contributed by atoms with van der Waals surface area (Å²) in [5.41, 5.74) is 0.237. The van der Waals surface area contributed by atoms with Crippen molar-refractivity contribution in [3.8, 4) is 5.75 Å². The van der Waals surface area contributed by atoms with E-state index in [1.165, 1.54) is 0 Å². The van der Waals surface area contributed by atoms with Crippen LogP contribution in [0.5, 0.6) is 5.75 Å². The molecule has 1 aliphatic rings. The third kappa shape index (κ3) is 9.40. The topological polar surface area (TPSA) is 78.4 Å². The molecule has 1 heterocycles. The molecule has 28 heavy (non-hydrogen) atoms. The van der Waals surface area contributed by atoms with Gasteiger partial charge in [0.1, 0.15) is 5.75 Å². The highest BCUT2D eigenvalue weighted by Gasteiger charge is 2.25. The number of ether oxygens (including phenoxy) is 2. The zero-order valence-corrected chi connectivity index (χ0v) is 19.6. The largest absolute Gasteiger partial charge is 0.494 e. The van der Waals surface area contributed by atoms with E-state index in [9.17, 15) is 5.11 Å². The molecular formula is C20H35IN4O3. The van der Waals surface area contributed by atoms with E-state index in [0.29, 0.717) is 32.2 Å². The minimum atomic E-state index is -0.845. The molecular weight excluding hydrogens is 471 g/mol. The minimum absolute atomic E-state index is 0. The molecule has 1 fully saturated rings. The van der Waals surface area contributed by atoms with Gasteiger partial charge >= 0.3 is 0 Å². The van der Waals surface area contributed by atoms with Crippen LogP contribution in [0.25, 0.3) is 0 Å². The molecule has 0 spiro atoms. The van der Waals surface area contributed by atoms with Crippen molar-refractivity contribution in [2.45, 2.75) is 32.9 Å². The van der Waals surface area contributed by atoms with Crippen LogP contribution in [0, 0.1) is 0 Å². The molecule has 0 amide bonds. The van der Waals surface area contributed by atoms with Crippen LogP contribution in [-0.2, 0) is 11.3 Å². The molecule has 1 aliphatic heterocycles. The van der Waals surface area contributed by atoms with Crippen molar-refractivity contribution in [3.63, 3.8) is 0 Å². The fraction of sp³-hybridized carbons (Fsp3) is 0.650. The molecule has 0 bridgehead atoms. The molecule has 0 aromatic heterocycles. The van der Waals surface area contributed by atoms with Gasteiger partial charge in [-0.25, -0.2) is 4.99 Å². The average molecular weight is 506 g/mol. The lowest BCUT2D eigenvalue weighted by molar-refractivity contribution is -0.0201. The number of nitrogens with zero attached hydrogens (tertiary/aromatic N) is 2. The van der Waals surface area contributed by atoms with Gasteiger partial charge in [0.05, 0.1) is 32.0 Å². The van der Waals surface area contributed by atoms with Crippen molar-refractivity contribution in [1.82, 2.24) is 15.5 Å². The van der Waals surface area contributed by atoms with Gasteiger partial charge < -0.3 is 25.2 Å². The minimum Gasteiger partial charge on any atom is -0.494 e. The Morgan fingerprint density at radius 1 is 1.29 bits per heavy atom. The lowest BCUT2D eigenvalue weighted by Gasteiger charge is -2.34. The molecule has 0 radical (unpaired) electrons. The summed E-state index contributed by atoms with van der Waals surface area (Å²) in [5, 5.41) is 17.2. The second-order valence-electron chi connectivity index (χ2n) is 7.01. The lowest BCUT2D eigenvalue weighted by atomic mass is 10.1. The first-order valence-electron chi connectivity index (χ1n) is 9.79. The number of β-amino-alcohol motifs (C(OH)–C–C–N with tert-alkyl or cyclic N) is 1. The molecule has 1 atom stereocenters. The van der Waals surface area contributed by atoms with Crippen molar-refractivity contribution in [2.24, 2.45) is 4.99 Å². The fourth-order valence-electron chi connectivity index (χ4n) is 2.98. The Hall–Kier alpha value is -1.10. The van der Waals surface area contributed by atoms with Gasteiger partial charge in [-0.3, -0.25) is 4.90 Å². The molecule has 1 aromatic carbocycles. The lowest BCUT2D eigenvalue weighted by Crippen LogP contribution is -2.52. The van der Waals surface area contributed by atoms with Crippen LogP contribution in [0.4, 0.5) is 0 Å². The van der Waals surface area contributed by atoms with E-state index in [2.05, 4.69) is 20.5 Å². The monoisotopic (exact) mass is 506 g/mol. The van der Waals surface area contributed by atoms with Gasteiger partial charge in [0, 0.05) is 32.7 Å². The van der Waals surface area contributed by atoms with Gasteiger partial charge in [0.25, 0.3) is 0 Å². The molecule has 1 unspecified atom stereocenters. The number of nitrogens with one attached hydrogen (secondary N) is 2. The van der Waals surface area contributed by atoms with Crippen LogP contribution in [-0.4, -0.2) is 74.1 Å². The molecule has 1 saturated heterocycles. The Balaban J connectivity index is 0.00000392. The third-order valence-electron chi connectivity index (χ3n) is 4.28. The van der Waals surface area contributed by atoms with Gasteiger partial charge in [0.15, 0.2) is 5.96 Å². The summed E-state index contributed by atoms with van der Waals surface area (Å²) in [6.07, 6.45) is 0. The quantitative estimate of drug-likeness (QED) is 0.270. The fourth-order valence-corrected chi connectivity index (χ4v) is 2.98. The van der Waals surface area contributed by atoms with Crippen molar-refractivity contribution in [2.75, 3.05) is 52.5 Å². The van der Waals surface area contributed by atoms with Crippen molar-refractivity contribution < 1.29 is 14.6 Å². The first-order valence-corrected chi connectivity index (χ1v) is 9.79. The highest BCUT2D eigenvalue weighted by atomic mass is 127. The Kier molecular flexibility index (Phi) is 11.7. The maximum Gasteiger partial charge on any atom is 0.191 e. The van der Waals surface area contributed by atoms with Crippen molar-refractivity contribution >= 4 is 29.9 Å². The van der Waals surface area contributed by atoms with Gasteiger partial charge in [-0.2, -0.15) is 0 Å². The maximum absolute atomic E-state index is 10.7. The standard InChI is InChI=1S/C20H34N4O3.HI/c1-4-21-19(22-14-17-7-6-8-18(13-17)27-5-2)23-15-20(3,25)16-24-9-11-26-12-10-24;/h6-8,13,25H,4-5,9-12,14-16H2,1-3H3,(H2,21,22,23);1H. The smallest absolute Gasteiger partial charge is 0.191 e. The summed E-state index contributed by atoms with van der Waals surface area (Å²) in [6, 6.07) is 7.96. The van der Waals surface area contributed by atoms with E-state index in [0.717, 1.165) is 44.2 Å². The summed E-state index contributed by atoms with van der Waals surface area (Å²) in [5.74, 6) is 1.55. The van der Waals surface area contributed by atoms with Crippen LogP contribution in [0.15, 0.2) is 29.3 Å². The third-order valence-corrected chi connectivity index (χ3v) is 4.28. The van der Waals surface area contributed by atoms with E-state index in [1.54, 1.807) is 0 Å². The Labute approximate surface area is 185 Å². The number of guanidine groups is 1. The Morgan fingerprint density at radius 3 is 2.71 bits per heavy atom. The predicted molar refractivity (Wildman–Crippen MR) is 124 cm³/mol. The molecule has 8 heteroatoms. The van der Waals surface area contributed by atoms with Crippen LogP contribution >= 0.6 is 24.0 Å². The first-order chi connectivity index (χ1) is 13.0. The van der Waals surface area contributed by atoms with Gasteiger partial charge in [-0.1, -0.05) is 12.1 Å². The van der Waals surface area contributed by atoms with Crippen LogP contribution in [0.3, 0.4) is 0 Å². The predicted octanol–water partition coefficient (Wildman–Crippen LogP) is 1.84. The molecule has 2 rings (SSSR count). The summed E-state index contributed by atoms with van der Waals surface area (Å²) in [7, 11) is 0. The highest BCUT2D eigenvalue weighted by Crippen LogP contribution is 2.14. The van der Waals surface area contributed by atoms with E-state index in [-0.39, 0.29) is 24.0 Å². The molecule has 0 saturated carbocycles.